The van der Waals surface area contributed by atoms with Gasteiger partial charge in [-0.2, -0.15) is 0 Å². The Bertz CT molecular complexity index is 252. The lowest BCUT2D eigenvalue weighted by Crippen LogP contribution is -2.03. The van der Waals surface area contributed by atoms with Crippen LogP contribution in [0.5, 0.6) is 0 Å². The molecule has 0 unspecified atom stereocenters. The number of nitrogens with two attached hydrogens (primary N) is 1. The van der Waals surface area contributed by atoms with Gasteiger partial charge in [-0.15, -0.1) is 0 Å². The molecule has 66 valence electrons. The van der Waals surface area contributed by atoms with Gasteiger partial charge in [-0.1, -0.05) is 0 Å². The maximum Gasteiger partial charge on any atom is 0.402 e. The topological polar surface area (TPSA) is 135 Å². The molecule has 1 heterocycles. The minimum absolute atomic E-state index is 0.0787. The number of rotatable bonds is 1. The standard InChI is InChI=1S/C3H3N3O2.CH3NO2/c7-6(8)3-1-4-2-5-3;2-1(3)4/h1-2H,(H,4,5);2H2,(H,3,4). The highest BCUT2D eigenvalue weighted by molar-refractivity contribution is 5.61. The molecule has 8 nitrogen and oxygen atoms in total. The van der Waals surface area contributed by atoms with Crippen molar-refractivity contribution in [1.29, 1.82) is 0 Å². The summed E-state index contributed by atoms with van der Waals surface area (Å²) in [5.74, 6) is -0.0787. The molecule has 1 aromatic heterocycles. The van der Waals surface area contributed by atoms with Gasteiger partial charge in [0.05, 0.1) is 0 Å². The van der Waals surface area contributed by atoms with Crippen LogP contribution in [0.3, 0.4) is 0 Å². The van der Waals surface area contributed by atoms with E-state index in [4.69, 9.17) is 9.90 Å². The number of hydrogen-bond donors (Lipinski definition) is 3. The summed E-state index contributed by atoms with van der Waals surface area (Å²) in [4.78, 5) is 23.8. The zero-order chi connectivity index (χ0) is 9.56. The van der Waals surface area contributed by atoms with Crippen LogP contribution in [-0.2, 0) is 0 Å². The summed E-state index contributed by atoms with van der Waals surface area (Å²) in [5.41, 5.74) is 4.03. The summed E-state index contributed by atoms with van der Waals surface area (Å²) in [6.07, 6.45) is 1.08. The zero-order valence-electron chi connectivity index (χ0n) is 5.80. The highest BCUT2D eigenvalue weighted by atomic mass is 16.6. The van der Waals surface area contributed by atoms with Crippen molar-refractivity contribution in [3.8, 4) is 0 Å². The highest BCUT2D eigenvalue weighted by Gasteiger charge is 1.99. The van der Waals surface area contributed by atoms with Gasteiger partial charge in [-0.25, -0.2) is 14.8 Å². The van der Waals surface area contributed by atoms with Crippen LogP contribution >= 0.6 is 0 Å². The van der Waals surface area contributed by atoms with Crippen molar-refractivity contribution < 1.29 is 14.8 Å². The number of nitrogens with zero attached hydrogens (tertiary/aromatic N) is 2. The predicted molar refractivity (Wildman–Crippen MR) is 37.5 cm³/mol. The number of carbonyl (C=O) groups is 1. The second kappa shape index (κ2) is 4.66. The molecule has 0 spiro atoms. The predicted octanol–water partition coefficient (Wildman–Crippen LogP) is -0.0590. The molecule has 0 saturated carbocycles. The molecular weight excluding hydrogens is 168 g/mol. The maximum absolute atomic E-state index is 9.80. The number of H-pyrrole nitrogens is 1. The van der Waals surface area contributed by atoms with Crippen molar-refractivity contribution in [3.63, 3.8) is 0 Å². The van der Waals surface area contributed by atoms with Gasteiger partial charge >= 0.3 is 11.9 Å². The van der Waals surface area contributed by atoms with E-state index in [0.29, 0.717) is 0 Å². The minimum atomic E-state index is -1.33. The second-order valence-electron chi connectivity index (χ2n) is 1.53. The zero-order valence-corrected chi connectivity index (χ0v) is 5.80. The Balaban J connectivity index is 0.000000261. The fourth-order valence-electron chi connectivity index (χ4n) is 0.348. The van der Waals surface area contributed by atoms with E-state index in [2.05, 4.69) is 15.7 Å². The Morgan fingerprint density at radius 3 is 2.50 bits per heavy atom. The monoisotopic (exact) mass is 174 g/mol. The van der Waals surface area contributed by atoms with Crippen molar-refractivity contribution in [2.45, 2.75) is 0 Å². The van der Waals surface area contributed by atoms with Crippen LogP contribution < -0.4 is 5.73 Å². The van der Waals surface area contributed by atoms with Gasteiger partial charge in [-0.05, 0) is 4.92 Å². The molecule has 0 saturated heterocycles. The summed E-state index contributed by atoms with van der Waals surface area (Å²) < 4.78 is 0. The number of hydrogen-bond acceptors (Lipinski definition) is 4. The largest absolute Gasteiger partial charge is 0.465 e. The number of aromatic nitrogens is 2. The molecule has 0 radical (unpaired) electrons. The number of aromatic amines is 1. The van der Waals surface area contributed by atoms with E-state index in [9.17, 15) is 10.1 Å². The molecule has 4 N–H and O–H groups in total. The number of imidazole rings is 1. The van der Waals surface area contributed by atoms with Gasteiger partial charge in [0.2, 0.25) is 0 Å². The lowest BCUT2D eigenvalue weighted by Gasteiger charge is -1.83. The van der Waals surface area contributed by atoms with Gasteiger partial charge in [0.15, 0.2) is 6.33 Å². The van der Waals surface area contributed by atoms with Crippen molar-refractivity contribution in [3.05, 3.63) is 22.6 Å². The summed E-state index contributed by atoms with van der Waals surface area (Å²) >= 11 is 0. The number of nitrogens with one attached hydrogen (secondary N) is 1. The molecule has 8 heteroatoms. The lowest BCUT2D eigenvalue weighted by molar-refractivity contribution is -0.389. The average molecular weight is 174 g/mol. The molecule has 0 aliphatic carbocycles. The Morgan fingerprint density at radius 2 is 2.33 bits per heavy atom. The fraction of sp³-hybridized carbons (Fsp3) is 0. The van der Waals surface area contributed by atoms with Crippen molar-refractivity contribution in [1.82, 2.24) is 9.97 Å². The van der Waals surface area contributed by atoms with Crippen LogP contribution in [0, 0.1) is 10.1 Å². The van der Waals surface area contributed by atoms with Gasteiger partial charge < -0.3 is 21.0 Å². The molecule has 1 aromatic rings. The Hall–Kier alpha value is -2.12. The number of primary amides is 1. The first-order chi connectivity index (χ1) is 5.54. The summed E-state index contributed by atoms with van der Waals surface area (Å²) in [5, 5.41) is 17.0. The molecule has 0 aliphatic rings. The van der Waals surface area contributed by atoms with Gasteiger partial charge in [-0.3, -0.25) is 0 Å². The smallest absolute Gasteiger partial charge is 0.402 e. The third-order valence-corrected chi connectivity index (χ3v) is 0.680. The molecule has 12 heavy (non-hydrogen) atoms. The normalized spacial score (nSPS) is 8.00. The molecule has 0 atom stereocenters. The summed E-state index contributed by atoms with van der Waals surface area (Å²) in [6.45, 7) is 0. The van der Waals surface area contributed by atoms with Crippen LogP contribution in [-0.4, -0.2) is 26.1 Å². The Morgan fingerprint density at radius 1 is 1.83 bits per heavy atom. The number of amides is 1. The van der Waals surface area contributed by atoms with E-state index < -0.39 is 11.0 Å². The quantitative estimate of drug-likeness (QED) is 0.404. The SMILES string of the molecule is NC(=O)O.O=[N+]([O-])c1cnc[nH]1. The third-order valence-electron chi connectivity index (χ3n) is 0.680. The lowest BCUT2D eigenvalue weighted by atomic mass is 10.8. The summed E-state index contributed by atoms with van der Waals surface area (Å²) in [7, 11) is 0. The highest BCUT2D eigenvalue weighted by Crippen LogP contribution is 1.99. The van der Waals surface area contributed by atoms with Crippen LogP contribution in [0.2, 0.25) is 0 Å². The molecular formula is C4H6N4O4. The third kappa shape index (κ3) is 4.73. The van der Waals surface area contributed by atoms with Crippen molar-refractivity contribution in [2.24, 2.45) is 5.73 Å². The molecule has 0 aromatic carbocycles. The van der Waals surface area contributed by atoms with Crippen LogP contribution in [0.1, 0.15) is 0 Å². The van der Waals surface area contributed by atoms with Crippen molar-refractivity contribution >= 4 is 11.9 Å². The van der Waals surface area contributed by atoms with Gasteiger partial charge in [0.1, 0.15) is 6.20 Å². The number of nitro groups is 1. The number of carboxylic acid groups (broad SMARTS) is 1. The van der Waals surface area contributed by atoms with Crippen LogP contribution in [0.25, 0.3) is 0 Å². The van der Waals surface area contributed by atoms with Crippen molar-refractivity contribution in [2.75, 3.05) is 0 Å². The second-order valence-corrected chi connectivity index (χ2v) is 1.53. The summed E-state index contributed by atoms with van der Waals surface area (Å²) in [6, 6.07) is 0. The molecule has 0 fully saturated rings. The Labute approximate surface area is 66.2 Å². The molecule has 0 aliphatic heterocycles. The first-order valence-corrected chi connectivity index (χ1v) is 2.65. The van der Waals surface area contributed by atoms with E-state index >= 15 is 0 Å². The van der Waals surface area contributed by atoms with Gasteiger partial charge in [0, 0.05) is 0 Å². The van der Waals surface area contributed by atoms with E-state index in [0.717, 1.165) is 6.20 Å². The molecule has 1 amide bonds. The van der Waals surface area contributed by atoms with Gasteiger partial charge in [0.25, 0.3) is 0 Å². The van der Waals surface area contributed by atoms with E-state index in [-0.39, 0.29) is 5.82 Å². The van der Waals surface area contributed by atoms with E-state index in [1.165, 1.54) is 6.33 Å². The first kappa shape index (κ1) is 9.88. The minimum Gasteiger partial charge on any atom is -0.465 e. The fourth-order valence-corrected chi connectivity index (χ4v) is 0.348. The maximum atomic E-state index is 9.80. The average Bonchev–Trinajstić information content (AvgIpc) is 2.34. The van der Waals surface area contributed by atoms with Crippen LogP contribution in [0.4, 0.5) is 10.6 Å². The molecule has 0 bridgehead atoms. The van der Waals surface area contributed by atoms with Crippen LogP contribution in [0.15, 0.2) is 12.5 Å². The Kier molecular flexibility index (Phi) is 3.84. The van der Waals surface area contributed by atoms with E-state index in [1.54, 1.807) is 0 Å². The first-order valence-electron chi connectivity index (χ1n) is 2.65. The molecule has 1 rings (SSSR count). The van der Waals surface area contributed by atoms with E-state index in [1.807, 2.05) is 0 Å².